The van der Waals surface area contributed by atoms with Crippen molar-refractivity contribution < 1.29 is 18.7 Å². The van der Waals surface area contributed by atoms with E-state index in [2.05, 4.69) is 71.3 Å². The summed E-state index contributed by atoms with van der Waals surface area (Å²) < 4.78 is 18.7. The molecule has 0 aliphatic carbocycles. The molecule has 32 heavy (non-hydrogen) atoms. The van der Waals surface area contributed by atoms with Crippen LogP contribution in [0.1, 0.15) is 52.0 Å². The van der Waals surface area contributed by atoms with Crippen molar-refractivity contribution >= 4 is 20.4 Å². The topological polar surface area (TPSA) is 44.8 Å². The van der Waals surface area contributed by atoms with Gasteiger partial charge in [-0.2, -0.15) is 0 Å². The van der Waals surface area contributed by atoms with Crippen LogP contribution in [0.4, 0.5) is 0 Å². The lowest BCUT2D eigenvalue weighted by Gasteiger charge is -2.43. The summed E-state index contributed by atoms with van der Waals surface area (Å²) in [5, 5.41) is 0.140. The van der Waals surface area contributed by atoms with Crippen LogP contribution in [0.5, 0.6) is 0 Å². The molecule has 1 fully saturated rings. The predicted octanol–water partition coefficient (Wildman–Crippen LogP) is 6.70. The van der Waals surface area contributed by atoms with E-state index in [4.69, 9.17) is 13.9 Å². The molecular formula is C27H40O4Si. The van der Waals surface area contributed by atoms with E-state index in [1.807, 2.05) is 18.2 Å². The lowest BCUT2D eigenvalue weighted by atomic mass is 9.96. The number of carbonyl (C=O) groups excluding carboxylic acids is 1. The van der Waals surface area contributed by atoms with Gasteiger partial charge in [0, 0.05) is 25.3 Å². The predicted molar refractivity (Wildman–Crippen MR) is 135 cm³/mol. The first-order valence-electron chi connectivity index (χ1n) is 11.5. The Bertz CT molecular complexity index is 779. The fourth-order valence-electron chi connectivity index (χ4n) is 3.64. The highest BCUT2D eigenvalue weighted by molar-refractivity contribution is 6.74. The van der Waals surface area contributed by atoms with Crippen LogP contribution < -0.4 is 0 Å². The van der Waals surface area contributed by atoms with E-state index in [0.717, 1.165) is 18.4 Å². The molecule has 0 amide bonds. The first kappa shape index (κ1) is 26.3. The van der Waals surface area contributed by atoms with Crippen molar-refractivity contribution in [2.45, 2.75) is 89.0 Å². The molecule has 2 rings (SSSR count). The molecule has 176 valence electrons. The summed E-state index contributed by atoms with van der Waals surface area (Å²) in [6.07, 6.45) is 9.73. The number of benzene rings is 1. The molecule has 4 nitrogen and oxygen atoms in total. The minimum absolute atomic E-state index is 0.0526. The third-order valence-corrected chi connectivity index (χ3v) is 10.9. The van der Waals surface area contributed by atoms with Crippen LogP contribution in [0.25, 0.3) is 6.08 Å². The van der Waals surface area contributed by atoms with Gasteiger partial charge in [-0.1, -0.05) is 75.9 Å². The zero-order valence-corrected chi connectivity index (χ0v) is 21.4. The van der Waals surface area contributed by atoms with Crippen LogP contribution in [0.2, 0.25) is 18.1 Å². The van der Waals surface area contributed by atoms with Crippen molar-refractivity contribution in [3.8, 4) is 0 Å². The molecule has 1 aromatic carbocycles. The zero-order valence-electron chi connectivity index (χ0n) is 20.4. The molecule has 1 heterocycles. The SMILES string of the molecule is C=CC[C@@H](CC1C[C@H](O[Si](C)(C)C(C)(C)C)CC(/C=C/c2ccccc2)O1)OC(=O)C=C. The van der Waals surface area contributed by atoms with Crippen molar-refractivity contribution in [2.24, 2.45) is 0 Å². The van der Waals surface area contributed by atoms with Gasteiger partial charge in [0.15, 0.2) is 8.32 Å². The van der Waals surface area contributed by atoms with Gasteiger partial charge in [-0.05, 0) is 30.1 Å². The number of hydrogen-bond acceptors (Lipinski definition) is 4. The molecule has 2 unspecified atom stereocenters. The first-order chi connectivity index (χ1) is 15.0. The van der Waals surface area contributed by atoms with Crippen LogP contribution in [0.15, 0.2) is 61.7 Å². The zero-order chi connectivity index (χ0) is 23.8. The smallest absolute Gasteiger partial charge is 0.330 e. The molecule has 1 aromatic rings. The summed E-state index contributed by atoms with van der Waals surface area (Å²) in [7, 11) is -1.92. The van der Waals surface area contributed by atoms with Crippen molar-refractivity contribution in [3.63, 3.8) is 0 Å². The van der Waals surface area contributed by atoms with Gasteiger partial charge in [0.2, 0.25) is 0 Å². The maximum atomic E-state index is 11.8. The van der Waals surface area contributed by atoms with Crippen molar-refractivity contribution in [3.05, 3.63) is 67.3 Å². The number of ether oxygens (including phenoxy) is 2. The molecule has 5 heteroatoms. The summed E-state index contributed by atoms with van der Waals surface area (Å²) in [5.74, 6) is -0.415. The molecule has 0 spiro atoms. The minimum Gasteiger partial charge on any atom is -0.459 e. The molecule has 1 aliphatic heterocycles. The monoisotopic (exact) mass is 456 g/mol. The molecule has 0 aromatic heterocycles. The largest absolute Gasteiger partial charge is 0.459 e. The van der Waals surface area contributed by atoms with E-state index in [1.54, 1.807) is 6.08 Å². The van der Waals surface area contributed by atoms with Gasteiger partial charge >= 0.3 is 5.97 Å². The van der Waals surface area contributed by atoms with Gasteiger partial charge in [-0.15, -0.1) is 6.58 Å². The summed E-state index contributed by atoms with van der Waals surface area (Å²) in [4.78, 5) is 11.8. The minimum atomic E-state index is -1.92. The number of hydrogen-bond donors (Lipinski definition) is 0. The lowest BCUT2D eigenvalue weighted by Crippen LogP contribution is -2.48. The number of esters is 1. The second kappa shape index (κ2) is 11.8. The highest BCUT2D eigenvalue weighted by Crippen LogP contribution is 2.39. The Morgan fingerprint density at radius 3 is 2.50 bits per heavy atom. The van der Waals surface area contributed by atoms with E-state index >= 15 is 0 Å². The molecule has 1 aliphatic rings. The standard InChI is InChI=1S/C27H40O4Si/c1-8-13-22(30-26(28)9-2)18-24-20-25(31-32(6,7)27(3,4)5)19-23(29-24)17-16-21-14-11-10-12-15-21/h8-12,14-17,22-25H,1-2,13,18-20H2,3-7H3/b17-16+/t22-,23?,24?,25+/m0/s1. The van der Waals surface area contributed by atoms with Gasteiger partial charge in [-0.25, -0.2) is 4.79 Å². The van der Waals surface area contributed by atoms with Gasteiger partial charge in [0.05, 0.1) is 18.3 Å². The Hall–Kier alpha value is -1.95. The third-order valence-electron chi connectivity index (χ3n) is 6.36. The van der Waals surface area contributed by atoms with E-state index in [1.165, 1.54) is 6.08 Å². The van der Waals surface area contributed by atoms with Crippen molar-refractivity contribution in [1.29, 1.82) is 0 Å². The average molecular weight is 457 g/mol. The Morgan fingerprint density at radius 1 is 1.22 bits per heavy atom. The second-order valence-corrected chi connectivity index (χ2v) is 14.8. The number of rotatable bonds is 10. The Balaban J connectivity index is 2.17. The highest BCUT2D eigenvalue weighted by atomic mass is 28.4. The van der Waals surface area contributed by atoms with Crippen molar-refractivity contribution in [2.75, 3.05) is 0 Å². The average Bonchev–Trinajstić information content (AvgIpc) is 2.72. The highest BCUT2D eigenvalue weighted by Gasteiger charge is 2.41. The Kier molecular flexibility index (Phi) is 9.68. The molecule has 0 radical (unpaired) electrons. The summed E-state index contributed by atoms with van der Waals surface area (Å²) in [6.45, 7) is 18.7. The molecule has 0 saturated carbocycles. The molecule has 4 atom stereocenters. The van der Waals surface area contributed by atoms with Gasteiger partial charge in [0.25, 0.3) is 0 Å². The molecule has 0 N–H and O–H groups in total. The summed E-state index contributed by atoms with van der Waals surface area (Å²) >= 11 is 0. The maximum Gasteiger partial charge on any atom is 0.330 e. The van der Waals surface area contributed by atoms with Crippen LogP contribution in [-0.2, 0) is 18.7 Å². The summed E-state index contributed by atoms with van der Waals surface area (Å²) in [5.41, 5.74) is 1.14. The van der Waals surface area contributed by atoms with Crippen LogP contribution in [-0.4, -0.2) is 38.7 Å². The van der Waals surface area contributed by atoms with Gasteiger partial charge < -0.3 is 13.9 Å². The van der Waals surface area contributed by atoms with Crippen LogP contribution in [0.3, 0.4) is 0 Å². The third kappa shape index (κ3) is 8.19. The Labute approximate surface area is 195 Å². The Morgan fingerprint density at radius 2 is 1.91 bits per heavy atom. The number of carbonyl (C=O) groups is 1. The summed E-state index contributed by atoms with van der Waals surface area (Å²) in [6, 6.07) is 10.2. The normalized spacial score (nSPS) is 23.0. The van der Waals surface area contributed by atoms with E-state index in [9.17, 15) is 4.79 Å². The molecular weight excluding hydrogens is 416 g/mol. The molecule has 0 bridgehead atoms. The van der Waals surface area contributed by atoms with E-state index in [0.29, 0.717) is 12.8 Å². The fourth-order valence-corrected chi connectivity index (χ4v) is 5.02. The van der Waals surface area contributed by atoms with E-state index < -0.39 is 14.3 Å². The molecule has 1 saturated heterocycles. The van der Waals surface area contributed by atoms with Crippen LogP contribution >= 0.6 is 0 Å². The second-order valence-electron chi connectivity index (χ2n) is 10.1. The van der Waals surface area contributed by atoms with Crippen LogP contribution in [0, 0.1) is 0 Å². The van der Waals surface area contributed by atoms with Gasteiger partial charge in [0.1, 0.15) is 6.10 Å². The van der Waals surface area contributed by atoms with Crippen molar-refractivity contribution in [1.82, 2.24) is 0 Å². The fraction of sp³-hybridized carbons (Fsp3) is 0.519. The van der Waals surface area contributed by atoms with E-state index in [-0.39, 0.29) is 29.5 Å². The lowest BCUT2D eigenvalue weighted by molar-refractivity contribution is -0.147. The first-order valence-corrected chi connectivity index (χ1v) is 14.5. The quantitative estimate of drug-likeness (QED) is 0.170. The van der Waals surface area contributed by atoms with Gasteiger partial charge in [-0.3, -0.25) is 0 Å². The maximum absolute atomic E-state index is 11.8.